The average molecular weight is 407 g/mol. The van der Waals surface area contributed by atoms with Crippen LogP contribution in [0.5, 0.6) is 5.75 Å². The number of hydrogen-bond acceptors (Lipinski definition) is 6. The van der Waals surface area contributed by atoms with E-state index < -0.39 is 6.04 Å². The maximum atomic E-state index is 13.3. The van der Waals surface area contributed by atoms with Crippen molar-refractivity contribution in [3.63, 3.8) is 0 Å². The molecule has 29 heavy (non-hydrogen) atoms. The summed E-state index contributed by atoms with van der Waals surface area (Å²) in [6, 6.07) is 16.6. The van der Waals surface area contributed by atoms with Crippen LogP contribution < -0.4 is 15.4 Å². The molecule has 1 aliphatic rings. The van der Waals surface area contributed by atoms with Gasteiger partial charge in [-0.15, -0.1) is 5.10 Å². The van der Waals surface area contributed by atoms with Gasteiger partial charge in [-0.1, -0.05) is 48.2 Å². The topological polar surface area (TPSA) is 81.1 Å². The lowest BCUT2D eigenvalue weighted by atomic mass is 9.94. The number of para-hydroxylation sites is 2. The summed E-state index contributed by atoms with van der Waals surface area (Å²) in [5, 5.41) is 11.5. The van der Waals surface area contributed by atoms with Gasteiger partial charge >= 0.3 is 0 Å². The van der Waals surface area contributed by atoms with Gasteiger partial charge in [0.2, 0.25) is 11.1 Å². The number of allylic oxidation sites excluding steroid dienone is 1. The normalized spacial score (nSPS) is 15.5. The van der Waals surface area contributed by atoms with Crippen LogP contribution in [0.4, 0.5) is 11.6 Å². The molecule has 2 aromatic carbocycles. The molecule has 2 N–H and O–H groups in total. The van der Waals surface area contributed by atoms with Crippen LogP contribution in [-0.4, -0.2) is 34.0 Å². The van der Waals surface area contributed by atoms with Gasteiger partial charge in [0, 0.05) is 16.9 Å². The number of thioether (sulfide) groups is 1. The Morgan fingerprint density at radius 2 is 1.90 bits per heavy atom. The summed E-state index contributed by atoms with van der Waals surface area (Å²) in [7, 11) is 1.62. The first-order chi connectivity index (χ1) is 14.1. The molecule has 0 saturated carbocycles. The van der Waals surface area contributed by atoms with Crippen molar-refractivity contribution >= 4 is 29.3 Å². The number of aromatic nitrogens is 3. The van der Waals surface area contributed by atoms with E-state index in [1.807, 2.05) is 67.8 Å². The second kappa shape index (κ2) is 8.00. The van der Waals surface area contributed by atoms with E-state index in [-0.39, 0.29) is 5.91 Å². The molecule has 0 radical (unpaired) electrons. The SMILES string of the molecule is COc1ccccc1C1C(C(=O)Nc2ccccc2)=C(C)Nc2nc(SC)nn21. The maximum absolute atomic E-state index is 13.3. The summed E-state index contributed by atoms with van der Waals surface area (Å²) in [5.74, 6) is 1.08. The number of anilines is 2. The molecule has 1 atom stereocenters. The predicted molar refractivity (Wildman–Crippen MR) is 114 cm³/mol. The first kappa shape index (κ1) is 19.1. The lowest BCUT2D eigenvalue weighted by Crippen LogP contribution is -2.31. The molecule has 7 nitrogen and oxygen atoms in total. The highest BCUT2D eigenvalue weighted by molar-refractivity contribution is 7.98. The van der Waals surface area contributed by atoms with E-state index in [1.54, 1.807) is 11.8 Å². The molecular weight excluding hydrogens is 386 g/mol. The van der Waals surface area contributed by atoms with E-state index in [0.29, 0.717) is 22.4 Å². The van der Waals surface area contributed by atoms with Crippen LogP contribution >= 0.6 is 11.8 Å². The Balaban J connectivity index is 1.83. The van der Waals surface area contributed by atoms with Gasteiger partial charge in [0.15, 0.2) is 0 Å². The summed E-state index contributed by atoms with van der Waals surface area (Å²) in [6.07, 6.45) is 1.92. The van der Waals surface area contributed by atoms with Gasteiger partial charge in [0.1, 0.15) is 11.8 Å². The number of carbonyl (C=O) groups excluding carboxylic acids is 1. The largest absolute Gasteiger partial charge is 0.496 e. The molecule has 2 heterocycles. The van der Waals surface area contributed by atoms with Crippen LogP contribution in [0.1, 0.15) is 18.5 Å². The van der Waals surface area contributed by atoms with Crippen LogP contribution in [0, 0.1) is 0 Å². The molecular formula is C21H21N5O2S. The molecule has 1 amide bonds. The van der Waals surface area contributed by atoms with Crippen molar-refractivity contribution in [3.05, 3.63) is 71.4 Å². The van der Waals surface area contributed by atoms with E-state index in [0.717, 1.165) is 16.9 Å². The first-order valence-electron chi connectivity index (χ1n) is 9.10. The third-order valence-electron chi connectivity index (χ3n) is 4.73. The van der Waals surface area contributed by atoms with Gasteiger partial charge in [0.05, 0.1) is 12.7 Å². The van der Waals surface area contributed by atoms with Gasteiger partial charge in [-0.3, -0.25) is 4.79 Å². The number of methoxy groups -OCH3 is 1. The third-order valence-corrected chi connectivity index (χ3v) is 5.26. The number of benzene rings is 2. The number of amides is 1. The Kier molecular flexibility index (Phi) is 5.26. The molecule has 4 rings (SSSR count). The van der Waals surface area contributed by atoms with Gasteiger partial charge in [-0.2, -0.15) is 4.98 Å². The molecule has 0 aliphatic carbocycles. The molecule has 0 saturated heterocycles. The van der Waals surface area contributed by atoms with E-state index in [9.17, 15) is 4.79 Å². The number of ether oxygens (including phenoxy) is 1. The number of fused-ring (bicyclic) bond motifs is 1. The predicted octanol–water partition coefficient (Wildman–Crippen LogP) is 3.94. The second-order valence-corrected chi connectivity index (χ2v) is 7.27. The zero-order valence-electron chi connectivity index (χ0n) is 16.3. The fourth-order valence-electron chi connectivity index (χ4n) is 3.41. The summed E-state index contributed by atoms with van der Waals surface area (Å²) < 4.78 is 7.33. The van der Waals surface area contributed by atoms with E-state index in [2.05, 4.69) is 20.7 Å². The Morgan fingerprint density at radius 1 is 1.17 bits per heavy atom. The highest BCUT2D eigenvalue weighted by atomic mass is 32.2. The molecule has 0 bridgehead atoms. The minimum atomic E-state index is -0.473. The average Bonchev–Trinajstić information content (AvgIpc) is 3.16. The highest BCUT2D eigenvalue weighted by Crippen LogP contribution is 2.39. The van der Waals surface area contributed by atoms with Crippen LogP contribution in [0.3, 0.4) is 0 Å². The Hall–Kier alpha value is -3.26. The summed E-state index contributed by atoms with van der Waals surface area (Å²) in [4.78, 5) is 17.9. The number of rotatable bonds is 5. The molecule has 3 aromatic rings. The van der Waals surface area contributed by atoms with Crippen molar-refractivity contribution in [2.24, 2.45) is 0 Å². The van der Waals surface area contributed by atoms with E-state index in [4.69, 9.17) is 4.74 Å². The zero-order chi connectivity index (χ0) is 20.4. The van der Waals surface area contributed by atoms with Gasteiger partial charge in [0.25, 0.3) is 5.91 Å². The van der Waals surface area contributed by atoms with Crippen molar-refractivity contribution in [2.75, 3.05) is 24.0 Å². The van der Waals surface area contributed by atoms with Gasteiger partial charge in [-0.25, -0.2) is 4.68 Å². The van der Waals surface area contributed by atoms with Crippen LogP contribution in [0.15, 0.2) is 71.0 Å². The lowest BCUT2D eigenvalue weighted by Gasteiger charge is -2.29. The van der Waals surface area contributed by atoms with Crippen LogP contribution in [0.2, 0.25) is 0 Å². The Labute approximate surface area is 173 Å². The smallest absolute Gasteiger partial charge is 0.255 e. The maximum Gasteiger partial charge on any atom is 0.255 e. The first-order valence-corrected chi connectivity index (χ1v) is 10.3. The number of hydrogen-bond donors (Lipinski definition) is 2. The van der Waals surface area contributed by atoms with Crippen molar-refractivity contribution in [2.45, 2.75) is 18.1 Å². The van der Waals surface area contributed by atoms with Gasteiger partial charge < -0.3 is 15.4 Å². The van der Waals surface area contributed by atoms with Crippen molar-refractivity contribution < 1.29 is 9.53 Å². The van der Waals surface area contributed by atoms with Crippen molar-refractivity contribution in [1.82, 2.24) is 14.8 Å². The third kappa shape index (κ3) is 3.58. The molecule has 1 aliphatic heterocycles. The molecule has 148 valence electrons. The second-order valence-electron chi connectivity index (χ2n) is 6.49. The summed E-state index contributed by atoms with van der Waals surface area (Å²) in [5.41, 5.74) is 2.85. The minimum Gasteiger partial charge on any atom is -0.496 e. The molecule has 0 spiro atoms. The highest BCUT2D eigenvalue weighted by Gasteiger charge is 2.35. The van der Waals surface area contributed by atoms with Gasteiger partial charge in [-0.05, 0) is 31.4 Å². The quantitative estimate of drug-likeness (QED) is 0.624. The van der Waals surface area contributed by atoms with Crippen LogP contribution in [-0.2, 0) is 4.79 Å². The molecule has 1 aromatic heterocycles. The Morgan fingerprint density at radius 3 is 2.62 bits per heavy atom. The number of nitrogens with zero attached hydrogens (tertiary/aromatic N) is 3. The molecule has 8 heteroatoms. The van der Waals surface area contributed by atoms with Crippen molar-refractivity contribution in [1.29, 1.82) is 0 Å². The van der Waals surface area contributed by atoms with Crippen LogP contribution in [0.25, 0.3) is 0 Å². The van der Waals surface area contributed by atoms with E-state index in [1.165, 1.54) is 11.8 Å². The number of nitrogens with one attached hydrogen (secondary N) is 2. The zero-order valence-corrected chi connectivity index (χ0v) is 17.2. The molecule has 0 fully saturated rings. The standard InChI is InChI=1S/C21H21N5O2S/c1-13-17(19(27)23-14-9-5-4-6-10-14)18(15-11-7-8-12-16(15)28-2)26-20(22-13)24-21(25-26)29-3/h4-12,18H,1-3H3,(H,23,27)(H,22,24,25). The Bertz CT molecular complexity index is 1080. The minimum absolute atomic E-state index is 0.205. The molecule has 1 unspecified atom stereocenters. The monoisotopic (exact) mass is 407 g/mol. The lowest BCUT2D eigenvalue weighted by molar-refractivity contribution is -0.113. The summed E-state index contributed by atoms with van der Waals surface area (Å²) >= 11 is 1.45. The fraction of sp³-hybridized carbons (Fsp3) is 0.190. The van der Waals surface area contributed by atoms with Crippen molar-refractivity contribution in [3.8, 4) is 5.75 Å². The fourth-order valence-corrected chi connectivity index (χ4v) is 3.76. The van der Waals surface area contributed by atoms with E-state index >= 15 is 0 Å². The summed E-state index contributed by atoms with van der Waals surface area (Å²) in [6.45, 7) is 1.87. The number of carbonyl (C=O) groups is 1.